The lowest BCUT2D eigenvalue weighted by Crippen LogP contribution is -2.30. The molecule has 0 heterocycles. The van der Waals surface area contributed by atoms with Crippen LogP contribution in [0.2, 0.25) is 0 Å². The summed E-state index contributed by atoms with van der Waals surface area (Å²) in [4.78, 5) is 73.3. The van der Waals surface area contributed by atoms with Gasteiger partial charge in [-0.15, -0.1) is 0 Å². The van der Waals surface area contributed by atoms with E-state index in [4.69, 9.17) is 37.0 Å². The molecule has 0 aromatic heterocycles. The molecule has 0 aliphatic rings. The number of aliphatic hydroxyl groups is 1. The SMILES string of the molecule is CCCCCCCCCCCCCCCCCCCCCCCC(=O)O[C@H](COC(=O)CCCCCCCCCCCCCCCCCCCCCC)COP(=O)(O)OC[C@@H](O)COP(=O)(O)OC[C@@H](COC(=O)CCCCCCCCCCCC(C)C)OC(=O)CCCCCCCCCCCCCCCC. The number of carbonyl (C=O) groups excluding carboxylic acids is 4. The molecule has 0 aliphatic carbocycles. The molecule has 0 bridgehead atoms. The third kappa shape index (κ3) is 81.9. The van der Waals surface area contributed by atoms with Crippen molar-refractivity contribution in [1.29, 1.82) is 0 Å². The number of hydrogen-bond acceptors (Lipinski definition) is 15. The van der Waals surface area contributed by atoms with Crippen LogP contribution in [0, 0.1) is 5.92 Å². The molecule has 2 unspecified atom stereocenters. The van der Waals surface area contributed by atoms with E-state index < -0.39 is 97.5 Å². The summed E-state index contributed by atoms with van der Waals surface area (Å²) in [5.41, 5.74) is 0. The zero-order valence-corrected chi connectivity index (χ0v) is 72.1. The highest BCUT2D eigenvalue weighted by molar-refractivity contribution is 7.47. The summed E-state index contributed by atoms with van der Waals surface area (Å²) in [5, 5.41) is 10.7. The zero-order valence-electron chi connectivity index (χ0n) is 70.3. The van der Waals surface area contributed by atoms with E-state index in [1.54, 1.807) is 0 Å². The van der Waals surface area contributed by atoms with Crippen molar-refractivity contribution in [2.45, 2.75) is 496 Å². The van der Waals surface area contributed by atoms with Crippen LogP contribution in [-0.2, 0) is 65.4 Å². The number of unbranched alkanes of at least 4 members (excludes halogenated alkanes) is 60. The minimum atomic E-state index is -4.97. The fraction of sp³-hybridized carbons (Fsp3) is 0.955. The smallest absolute Gasteiger partial charge is 0.462 e. The molecule has 0 rings (SSSR count). The van der Waals surface area contributed by atoms with Crippen molar-refractivity contribution >= 4 is 39.5 Å². The van der Waals surface area contributed by atoms with Gasteiger partial charge in [-0.25, -0.2) is 9.13 Å². The number of carbonyl (C=O) groups is 4. The molecule has 19 heteroatoms. The quantitative estimate of drug-likeness (QED) is 0.0222. The normalized spacial score (nSPS) is 13.7. The Balaban J connectivity index is 5.23. The predicted molar refractivity (Wildman–Crippen MR) is 442 cm³/mol. The van der Waals surface area contributed by atoms with Crippen molar-refractivity contribution in [3.8, 4) is 0 Å². The largest absolute Gasteiger partial charge is 0.472 e. The second-order valence-corrected chi connectivity index (χ2v) is 35.0. The Morgan fingerprint density at radius 2 is 0.430 bits per heavy atom. The molecule has 17 nitrogen and oxygen atoms in total. The fourth-order valence-corrected chi connectivity index (χ4v) is 15.4. The van der Waals surface area contributed by atoms with Gasteiger partial charge in [0.1, 0.15) is 19.3 Å². The fourth-order valence-electron chi connectivity index (χ4n) is 13.8. The molecule has 0 spiro atoms. The molecule has 0 saturated carbocycles. The van der Waals surface area contributed by atoms with Gasteiger partial charge in [-0.1, -0.05) is 426 Å². The Morgan fingerprint density at radius 3 is 0.636 bits per heavy atom. The van der Waals surface area contributed by atoms with Gasteiger partial charge in [0.05, 0.1) is 26.4 Å². The molecule has 0 aromatic carbocycles. The number of ether oxygens (including phenoxy) is 4. The Morgan fingerprint density at radius 1 is 0.252 bits per heavy atom. The van der Waals surface area contributed by atoms with E-state index in [1.807, 2.05) is 0 Å². The first-order valence-corrected chi connectivity index (χ1v) is 48.6. The molecule has 107 heavy (non-hydrogen) atoms. The van der Waals surface area contributed by atoms with E-state index in [1.165, 1.54) is 302 Å². The van der Waals surface area contributed by atoms with Crippen LogP contribution in [0.1, 0.15) is 478 Å². The molecular weight excluding hydrogens is 1390 g/mol. The standard InChI is InChI=1S/C88H172O17P2/c1-6-9-12-15-18-21-24-27-30-32-34-36-38-40-42-45-48-53-59-64-69-74-88(93)104-83(77-98-85(90)71-66-61-56-51-46-44-41-39-37-35-33-31-28-25-22-19-16-13-10-7-2)79-102-106(94,95)100-75-82(89)76-101-107(96,97)103-80-84(78-99-86(91)72-67-62-57-54-49-50-55-60-65-70-81(4)5)105-87(92)73-68-63-58-52-47-43-29-26-23-20-17-14-11-8-3/h81-84,89H,6-80H2,1-5H3,(H,94,95)(H,96,97)/t82-,83-,84-/m1/s1. The summed E-state index contributed by atoms with van der Waals surface area (Å²) in [7, 11) is -9.93. The third-order valence-corrected chi connectivity index (χ3v) is 22.7. The first kappa shape index (κ1) is 105. The number of phosphoric ester groups is 2. The molecule has 0 radical (unpaired) electrons. The Kier molecular flexibility index (Phi) is 79.2. The molecule has 5 atom stereocenters. The number of hydrogen-bond donors (Lipinski definition) is 3. The summed E-state index contributed by atoms with van der Waals surface area (Å²) >= 11 is 0. The highest BCUT2D eigenvalue weighted by Gasteiger charge is 2.30. The lowest BCUT2D eigenvalue weighted by atomic mass is 10.0. The maximum absolute atomic E-state index is 13.2. The van der Waals surface area contributed by atoms with Gasteiger partial charge >= 0.3 is 39.5 Å². The van der Waals surface area contributed by atoms with Crippen molar-refractivity contribution in [1.82, 2.24) is 0 Å². The van der Waals surface area contributed by atoms with E-state index in [-0.39, 0.29) is 25.7 Å². The van der Waals surface area contributed by atoms with Crippen LogP contribution >= 0.6 is 15.6 Å². The molecule has 0 aliphatic heterocycles. The van der Waals surface area contributed by atoms with E-state index in [9.17, 15) is 43.2 Å². The monoisotopic (exact) mass is 1560 g/mol. The average molecular weight is 1560 g/mol. The molecule has 636 valence electrons. The van der Waals surface area contributed by atoms with Crippen LogP contribution in [0.15, 0.2) is 0 Å². The van der Waals surface area contributed by atoms with Gasteiger partial charge < -0.3 is 33.8 Å². The predicted octanol–water partition coefficient (Wildman–Crippen LogP) is 27.2. The molecule has 0 amide bonds. The minimum absolute atomic E-state index is 0.108. The van der Waals surface area contributed by atoms with Crippen LogP contribution < -0.4 is 0 Å². The Labute approximate surface area is 658 Å². The first-order valence-electron chi connectivity index (χ1n) is 45.6. The molecule has 0 aromatic rings. The summed E-state index contributed by atoms with van der Waals surface area (Å²) in [6, 6.07) is 0. The Hall–Kier alpha value is -1.94. The third-order valence-electron chi connectivity index (χ3n) is 20.8. The minimum Gasteiger partial charge on any atom is -0.462 e. The summed E-state index contributed by atoms with van der Waals surface area (Å²) in [6.07, 6.45) is 75.1. The van der Waals surface area contributed by atoms with Crippen molar-refractivity contribution in [3.05, 3.63) is 0 Å². The summed E-state index contributed by atoms with van der Waals surface area (Å²) in [5.74, 6) is -1.35. The molecule has 3 N–H and O–H groups in total. The van der Waals surface area contributed by atoms with E-state index >= 15 is 0 Å². The lowest BCUT2D eigenvalue weighted by molar-refractivity contribution is -0.161. The maximum Gasteiger partial charge on any atom is 0.472 e. The summed E-state index contributed by atoms with van der Waals surface area (Å²) < 4.78 is 69.0. The molecule has 0 fully saturated rings. The summed E-state index contributed by atoms with van der Waals surface area (Å²) in [6.45, 7) is 7.36. The van der Waals surface area contributed by atoms with Gasteiger partial charge in [-0.2, -0.15) is 0 Å². The highest BCUT2D eigenvalue weighted by Crippen LogP contribution is 2.45. The van der Waals surface area contributed by atoms with E-state index in [0.29, 0.717) is 25.7 Å². The molecule has 0 saturated heterocycles. The zero-order chi connectivity index (χ0) is 78.3. The van der Waals surface area contributed by atoms with Crippen LogP contribution in [0.4, 0.5) is 0 Å². The number of rotatable bonds is 88. The van der Waals surface area contributed by atoms with Crippen LogP contribution in [0.5, 0.6) is 0 Å². The van der Waals surface area contributed by atoms with Crippen molar-refractivity contribution in [2.75, 3.05) is 39.6 Å². The Bertz CT molecular complexity index is 2030. The maximum atomic E-state index is 13.2. The van der Waals surface area contributed by atoms with Crippen LogP contribution in [-0.4, -0.2) is 96.7 Å². The second kappa shape index (κ2) is 80.7. The van der Waals surface area contributed by atoms with Crippen molar-refractivity contribution < 1.29 is 80.2 Å². The van der Waals surface area contributed by atoms with Gasteiger partial charge in [-0.05, 0) is 31.6 Å². The van der Waals surface area contributed by atoms with Gasteiger partial charge in [0, 0.05) is 25.7 Å². The van der Waals surface area contributed by atoms with Crippen molar-refractivity contribution in [3.63, 3.8) is 0 Å². The van der Waals surface area contributed by atoms with Gasteiger partial charge in [0.25, 0.3) is 0 Å². The van der Waals surface area contributed by atoms with Crippen molar-refractivity contribution in [2.24, 2.45) is 5.92 Å². The van der Waals surface area contributed by atoms with Gasteiger partial charge in [0.2, 0.25) is 0 Å². The van der Waals surface area contributed by atoms with E-state index in [0.717, 1.165) is 95.8 Å². The first-order chi connectivity index (χ1) is 52.0. The van der Waals surface area contributed by atoms with Gasteiger partial charge in [-0.3, -0.25) is 37.3 Å². The average Bonchev–Trinajstić information content (AvgIpc) is 0.906. The lowest BCUT2D eigenvalue weighted by Gasteiger charge is -2.21. The van der Waals surface area contributed by atoms with Crippen LogP contribution in [0.25, 0.3) is 0 Å². The topological polar surface area (TPSA) is 237 Å². The molecular formula is C88H172O17P2. The number of aliphatic hydroxyl groups excluding tert-OH is 1. The number of phosphoric acid groups is 2. The van der Waals surface area contributed by atoms with E-state index in [2.05, 4.69) is 34.6 Å². The highest BCUT2D eigenvalue weighted by atomic mass is 31.2. The van der Waals surface area contributed by atoms with Gasteiger partial charge in [0.15, 0.2) is 12.2 Å². The number of esters is 4. The van der Waals surface area contributed by atoms with Crippen LogP contribution in [0.3, 0.4) is 0 Å². The second-order valence-electron chi connectivity index (χ2n) is 32.1.